The van der Waals surface area contributed by atoms with Crippen molar-refractivity contribution in [1.29, 1.82) is 0 Å². The standard InChI is InChI=1S/C22H23Cl2N3O3/c1-14(16-8-9-17(23)18(24)12-16)25-19(28)13-27-20(29)22(2,26-21(27)30)11-10-15-6-4-3-5-7-15/h3-9,12,14H,10-11,13H2,1-2H3,(H,25,28)(H,26,30). The number of carbonyl (C=O) groups excluding carboxylic acids is 3. The number of aryl methyl sites for hydroxylation is 1. The van der Waals surface area contributed by atoms with E-state index < -0.39 is 23.4 Å². The normalized spacial score (nSPS) is 19.5. The van der Waals surface area contributed by atoms with E-state index in [1.807, 2.05) is 30.3 Å². The molecule has 4 amide bonds. The number of benzene rings is 2. The van der Waals surface area contributed by atoms with E-state index in [-0.39, 0.29) is 12.6 Å². The Balaban J connectivity index is 1.60. The van der Waals surface area contributed by atoms with Crippen LogP contribution in [0.4, 0.5) is 4.79 Å². The molecule has 0 spiro atoms. The first-order valence-corrected chi connectivity index (χ1v) is 10.4. The van der Waals surface area contributed by atoms with Crippen LogP contribution in [0.2, 0.25) is 10.0 Å². The van der Waals surface area contributed by atoms with Gasteiger partial charge in [0.1, 0.15) is 12.1 Å². The number of carbonyl (C=O) groups is 3. The lowest BCUT2D eigenvalue weighted by atomic mass is 9.93. The van der Waals surface area contributed by atoms with Crippen molar-refractivity contribution in [1.82, 2.24) is 15.5 Å². The Bertz CT molecular complexity index is 967. The molecule has 2 unspecified atom stereocenters. The van der Waals surface area contributed by atoms with Crippen LogP contribution in [0.1, 0.15) is 37.4 Å². The predicted molar refractivity (Wildman–Crippen MR) is 116 cm³/mol. The maximum atomic E-state index is 12.9. The Kier molecular flexibility index (Phi) is 6.68. The number of rotatable bonds is 7. The quantitative estimate of drug-likeness (QED) is 0.626. The van der Waals surface area contributed by atoms with Gasteiger partial charge in [-0.25, -0.2) is 4.79 Å². The molecule has 6 nitrogen and oxygen atoms in total. The third-order valence-corrected chi connectivity index (χ3v) is 5.96. The summed E-state index contributed by atoms with van der Waals surface area (Å²) in [7, 11) is 0. The van der Waals surface area contributed by atoms with Gasteiger partial charge in [0.05, 0.1) is 16.1 Å². The summed E-state index contributed by atoms with van der Waals surface area (Å²) in [6.07, 6.45) is 1.08. The summed E-state index contributed by atoms with van der Waals surface area (Å²) in [4.78, 5) is 38.7. The minimum Gasteiger partial charge on any atom is -0.348 e. The SMILES string of the molecule is CC(NC(=O)CN1C(=O)NC(C)(CCc2ccccc2)C1=O)c1ccc(Cl)c(Cl)c1. The summed E-state index contributed by atoms with van der Waals surface area (Å²) < 4.78 is 0. The molecule has 1 fully saturated rings. The van der Waals surface area contributed by atoms with Crippen LogP contribution in [0.25, 0.3) is 0 Å². The molecule has 2 N–H and O–H groups in total. The highest BCUT2D eigenvalue weighted by molar-refractivity contribution is 6.42. The average Bonchev–Trinajstić information content (AvgIpc) is 2.92. The zero-order valence-corrected chi connectivity index (χ0v) is 18.3. The summed E-state index contributed by atoms with van der Waals surface area (Å²) in [6, 6.07) is 13.9. The van der Waals surface area contributed by atoms with E-state index in [9.17, 15) is 14.4 Å². The molecule has 1 aliphatic heterocycles. The van der Waals surface area contributed by atoms with Gasteiger partial charge in [-0.05, 0) is 49.9 Å². The second-order valence-corrected chi connectivity index (χ2v) is 8.42. The fraction of sp³-hybridized carbons (Fsp3) is 0.318. The van der Waals surface area contributed by atoms with E-state index in [1.165, 1.54) is 0 Å². The van der Waals surface area contributed by atoms with E-state index >= 15 is 0 Å². The molecule has 2 atom stereocenters. The Morgan fingerprint density at radius 1 is 1.13 bits per heavy atom. The third-order valence-electron chi connectivity index (χ3n) is 5.22. The van der Waals surface area contributed by atoms with Gasteiger partial charge in [0.25, 0.3) is 5.91 Å². The smallest absolute Gasteiger partial charge is 0.325 e. The molecule has 158 valence electrons. The van der Waals surface area contributed by atoms with Crippen molar-refractivity contribution in [2.24, 2.45) is 0 Å². The lowest BCUT2D eigenvalue weighted by molar-refractivity contribution is -0.134. The van der Waals surface area contributed by atoms with Crippen LogP contribution >= 0.6 is 23.2 Å². The number of nitrogens with zero attached hydrogens (tertiary/aromatic N) is 1. The third kappa shape index (κ3) is 4.94. The summed E-state index contributed by atoms with van der Waals surface area (Å²) in [5.74, 6) is -0.842. The van der Waals surface area contributed by atoms with E-state index in [0.717, 1.165) is 16.0 Å². The molecule has 0 aliphatic carbocycles. The molecular weight excluding hydrogens is 425 g/mol. The van der Waals surface area contributed by atoms with Crippen LogP contribution in [-0.4, -0.2) is 34.8 Å². The molecular formula is C22H23Cl2N3O3. The van der Waals surface area contributed by atoms with Crippen molar-refractivity contribution in [3.05, 3.63) is 69.7 Å². The second kappa shape index (κ2) is 9.06. The van der Waals surface area contributed by atoms with Gasteiger partial charge in [-0.15, -0.1) is 0 Å². The van der Waals surface area contributed by atoms with Crippen LogP contribution in [-0.2, 0) is 16.0 Å². The molecule has 0 aromatic heterocycles. The van der Waals surface area contributed by atoms with Gasteiger partial charge >= 0.3 is 6.03 Å². The van der Waals surface area contributed by atoms with E-state index in [0.29, 0.717) is 22.9 Å². The number of amides is 4. The van der Waals surface area contributed by atoms with Gasteiger partial charge < -0.3 is 10.6 Å². The fourth-order valence-electron chi connectivity index (χ4n) is 3.39. The Morgan fingerprint density at radius 2 is 1.83 bits per heavy atom. The lowest BCUT2D eigenvalue weighted by Crippen LogP contribution is -2.45. The van der Waals surface area contributed by atoms with Crippen LogP contribution in [0.5, 0.6) is 0 Å². The van der Waals surface area contributed by atoms with Crippen LogP contribution in [0, 0.1) is 0 Å². The molecule has 30 heavy (non-hydrogen) atoms. The predicted octanol–water partition coefficient (Wildman–Crippen LogP) is 4.11. The van der Waals surface area contributed by atoms with Gasteiger partial charge in [0.15, 0.2) is 0 Å². The maximum absolute atomic E-state index is 12.9. The molecule has 0 radical (unpaired) electrons. The van der Waals surface area contributed by atoms with Crippen molar-refractivity contribution >= 4 is 41.0 Å². The summed E-state index contributed by atoms with van der Waals surface area (Å²) >= 11 is 11.9. The van der Waals surface area contributed by atoms with Gasteiger partial charge in [-0.3, -0.25) is 14.5 Å². The molecule has 8 heteroatoms. The number of halogens is 2. The zero-order chi connectivity index (χ0) is 21.9. The van der Waals surface area contributed by atoms with E-state index in [2.05, 4.69) is 10.6 Å². The van der Waals surface area contributed by atoms with Gasteiger partial charge in [-0.2, -0.15) is 0 Å². The van der Waals surface area contributed by atoms with Crippen molar-refractivity contribution in [3.8, 4) is 0 Å². The average molecular weight is 448 g/mol. The molecule has 0 saturated carbocycles. The van der Waals surface area contributed by atoms with Crippen molar-refractivity contribution in [2.45, 2.75) is 38.3 Å². The minimum atomic E-state index is -1.04. The topological polar surface area (TPSA) is 78.5 Å². The van der Waals surface area contributed by atoms with Crippen LogP contribution < -0.4 is 10.6 Å². The maximum Gasteiger partial charge on any atom is 0.325 e. The number of hydrogen-bond acceptors (Lipinski definition) is 3. The zero-order valence-electron chi connectivity index (χ0n) is 16.7. The van der Waals surface area contributed by atoms with Crippen molar-refractivity contribution < 1.29 is 14.4 Å². The molecule has 1 aliphatic rings. The van der Waals surface area contributed by atoms with E-state index in [1.54, 1.807) is 32.0 Å². The number of nitrogens with one attached hydrogen (secondary N) is 2. The molecule has 3 rings (SSSR count). The first-order valence-electron chi connectivity index (χ1n) is 9.62. The lowest BCUT2D eigenvalue weighted by Gasteiger charge is -2.22. The Labute approximate surface area is 185 Å². The number of urea groups is 1. The summed E-state index contributed by atoms with van der Waals surface area (Å²) in [5, 5.41) is 6.32. The monoisotopic (exact) mass is 447 g/mol. The Hall–Kier alpha value is -2.57. The van der Waals surface area contributed by atoms with Gasteiger partial charge in [0.2, 0.25) is 5.91 Å². The first kappa shape index (κ1) is 22.1. The minimum absolute atomic E-state index is 0.350. The van der Waals surface area contributed by atoms with Gasteiger partial charge in [0, 0.05) is 0 Å². The molecule has 1 heterocycles. The fourth-order valence-corrected chi connectivity index (χ4v) is 3.70. The van der Waals surface area contributed by atoms with Crippen LogP contribution in [0.3, 0.4) is 0 Å². The number of imide groups is 1. The molecule has 2 aromatic rings. The summed E-state index contributed by atoms with van der Waals surface area (Å²) in [6.45, 7) is 3.12. The van der Waals surface area contributed by atoms with Crippen molar-refractivity contribution in [2.75, 3.05) is 6.54 Å². The van der Waals surface area contributed by atoms with E-state index in [4.69, 9.17) is 23.2 Å². The highest BCUT2D eigenvalue weighted by atomic mass is 35.5. The number of hydrogen-bond donors (Lipinski definition) is 2. The van der Waals surface area contributed by atoms with Crippen molar-refractivity contribution in [3.63, 3.8) is 0 Å². The first-order chi connectivity index (χ1) is 14.2. The largest absolute Gasteiger partial charge is 0.348 e. The van der Waals surface area contributed by atoms with Crippen LogP contribution in [0.15, 0.2) is 48.5 Å². The molecule has 2 aromatic carbocycles. The van der Waals surface area contributed by atoms with Gasteiger partial charge in [-0.1, -0.05) is 59.6 Å². The highest BCUT2D eigenvalue weighted by Gasteiger charge is 2.47. The highest BCUT2D eigenvalue weighted by Crippen LogP contribution is 2.26. The molecule has 1 saturated heterocycles. The second-order valence-electron chi connectivity index (χ2n) is 7.60. The Morgan fingerprint density at radius 3 is 2.50 bits per heavy atom. The molecule has 0 bridgehead atoms. The summed E-state index contributed by atoms with van der Waals surface area (Å²) in [5.41, 5.74) is 0.803.